The number of furan rings is 1. The fourth-order valence-corrected chi connectivity index (χ4v) is 4.29. The Bertz CT molecular complexity index is 605. The maximum absolute atomic E-state index is 12.3. The van der Waals surface area contributed by atoms with E-state index < -0.39 is 9.84 Å². The summed E-state index contributed by atoms with van der Waals surface area (Å²) < 4.78 is 28.6. The summed E-state index contributed by atoms with van der Waals surface area (Å²) in [5.74, 6) is 0.312. The molecule has 1 saturated heterocycles. The van der Waals surface area contributed by atoms with Gasteiger partial charge in [-0.1, -0.05) is 0 Å². The van der Waals surface area contributed by atoms with E-state index in [1.165, 1.54) is 12.1 Å². The number of carbonyl (C=O) groups excluding carboxylic acids is 1. The molecule has 7 heteroatoms. The van der Waals surface area contributed by atoms with Crippen molar-refractivity contribution in [1.29, 1.82) is 0 Å². The molecule has 2 aliphatic rings. The van der Waals surface area contributed by atoms with Gasteiger partial charge >= 0.3 is 0 Å². The van der Waals surface area contributed by atoms with Crippen LogP contribution in [-0.2, 0) is 9.84 Å². The number of amides is 1. The molecule has 1 aromatic heterocycles. The third kappa shape index (κ3) is 2.65. The highest BCUT2D eigenvalue weighted by atomic mass is 35.5. The summed E-state index contributed by atoms with van der Waals surface area (Å²) in [7, 11) is -3.03. The lowest BCUT2D eigenvalue weighted by Crippen LogP contribution is -2.52. The molecule has 1 amide bonds. The van der Waals surface area contributed by atoms with Crippen LogP contribution < -0.4 is 0 Å². The van der Waals surface area contributed by atoms with E-state index in [1.807, 2.05) is 0 Å². The summed E-state index contributed by atoms with van der Waals surface area (Å²) in [5.41, 5.74) is 0. The van der Waals surface area contributed by atoms with Crippen LogP contribution >= 0.6 is 11.6 Å². The first-order chi connectivity index (χ1) is 8.96. The van der Waals surface area contributed by atoms with Gasteiger partial charge in [0.1, 0.15) is 0 Å². The van der Waals surface area contributed by atoms with E-state index in [0.717, 1.165) is 12.8 Å². The zero-order valence-corrected chi connectivity index (χ0v) is 11.8. The Kier molecular flexibility index (Phi) is 3.09. The minimum atomic E-state index is -3.03. The molecule has 0 radical (unpaired) electrons. The summed E-state index contributed by atoms with van der Waals surface area (Å²) in [6, 6.07) is 2.83. The van der Waals surface area contributed by atoms with Crippen molar-refractivity contribution in [1.82, 2.24) is 4.90 Å². The summed E-state index contributed by atoms with van der Waals surface area (Å²) >= 11 is 5.67. The van der Waals surface area contributed by atoms with Gasteiger partial charge in [-0.25, -0.2) is 8.42 Å². The SMILES string of the molecule is O=C(c1ccc(Cl)o1)N1CCS(=O)(=O)CC1C1CC1. The standard InChI is InChI=1S/C12H14ClNO4S/c13-11-4-3-10(18-11)12(15)14-5-6-19(16,17)7-9(14)8-1-2-8/h3-4,8-9H,1-2,5-7H2. The molecule has 5 nitrogen and oxygen atoms in total. The fraction of sp³-hybridized carbons (Fsp3) is 0.583. The minimum absolute atomic E-state index is 0.0242. The van der Waals surface area contributed by atoms with Gasteiger partial charge in [0.15, 0.2) is 20.8 Å². The van der Waals surface area contributed by atoms with Gasteiger partial charge in [0.05, 0.1) is 11.5 Å². The number of hydrogen-bond donors (Lipinski definition) is 0. The van der Waals surface area contributed by atoms with Crippen molar-refractivity contribution in [2.45, 2.75) is 18.9 Å². The summed E-state index contributed by atoms with van der Waals surface area (Å²) in [4.78, 5) is 14.0. The van der Waals surface area contributed by atoms with Gasteiger partial charge in [0, 0.05) is 12.6 Å². The van der Waals surface area contributed by atoms with Gasteiger partial charge in [0.2, 0.25) is 0 Å². The molecule has 19 heavy (non-hydrogen) atoms. The molecule has 0 aromatic carbocycles. The van der Waals surface area contributed by atoms with Crippen LogP contribution in [0.15, 0.2) is 16.5 Å². The highest BCUT2D eigenvalue weighted by Crippen LogP contribution is 2.38. The van der Waals surface area contributed by atoms with Gasteiger partial charge < -0.3 is 9.32 Å². The van der Waals surface area contributed by atoms with Crippen molar-refractivity contribution < 1.29 is 17.6 Å². The van der Waals surface area contributed by atoms with E-state index in [2.05, 4.69) is 0 Å². The molecular weight excluding hydrogens is 290 g/mol. The number of halogens is 1. The summed E-state index contributed by atoms with van der Waals surface area (Å²) in [5, 5.41) is 0.163. The van der Waals surface area contributed by atoms with Crippen molar-refractivity contribution in [3.63, 3.8) is 0 Å². The first kappa shape index (κ1) is 13.0. The normalized spacial score (nSPS) is 26.4. The lowest BCUT2D eigenvalue weighted by molar-refractivity contribution is 0.0646. The second kappa shape index (κ2) is 4.52. The molecule has 1 unspecified atom stereocenters. The van der Waals surface area contributed by atoms with Crippen LogP contribution in [0.3, 0.4) is 0 Å². The molecule has 0 bridgehead atoms. The van der Waals surface area contributed by atoms with Gasteiger partial charge in [-0.05, 0) is 42.5 Å². The van der Waals surface area contributed by atoms with Crippen LogP contribution in [0.25, 0.3) is 0 Å². The van der Waals surface area contributed by atoms with E-state index in [4.69, 9.17) is 16.0 Å². The van der Waals surface area contributed by atoms with Crippen molar-refractivity contribution in [2.75, 3.05) is 18.1 Å². The third-order valence-corrected chi connectivity index (χ3v) is 5.54. The largest absolute Gasteiger partial charge is 0.440 e. The third-order valence-electron chi connectivity index (χ3n) is 3.68. The maximum Gasteiger partial charge on any atom is 0.289 e. The number of rotatable bonds is 2. The van der Waals surface area contributed by atoms with Crippen LogP contribution in [-0.4, -0.2) is 43.3 Å². The Morgan fingerprint density at radius 1 is 1.37 bits per heavy atom. The molecule has 2 fully saturated rings. The van der Waals surface area contributed by atoms with Crippen LogP contribution in [0.5, 0.6) is 0 Å². The maximum atomic E-state index is 12.3. The number of hydrogen-bond acceptors (Lipinski definition) is 4. The van der Waals surface area contributed by atoms with Crippen LogP contribution in [0, 0.1) is 5.92 Å². The first-order valence-electron chi connectivity index (χ1n) is 6.23. The molecule has 1 aliphatic heterocycles. The number of nitrogens with zero attached hydrogens (tertiary/aromatic N) is 1. The molecule has 1 saturated carbocycles. The lowest BCUT2D eigenvalue weighted by atomic mass is 10.1. The molecule has 1 aliphatic carbocycles. The molecule has 1 atom stereocenters. The first-order valence-corrected chi connectivity index (χ1v) is 8.43. The van der Waals surface area contributed by atoms with E-state index in [1.54, 1.807) is 4.90 Å². The van der Waals surface area contributed by atoms with Crippen molar-refractivity contribution in [2.24, 2.45) is 5.92 Å². The van der Waals surface area contributed by atoms with Gasteiger partial charge in [-0.15, -0.1) is 0 Å². The van der Waals surface area contributed by atoms with Gasteiger partial charge in [-0.3, -0.25) is 4.79 Å². The summed E-state index contributed by atoms with van der Waals surface area (Å²) in [6.45, 7) is 0.237. The van der Waals surface area contributed by atoms with Gasteiger partial charge in [-0.2, -0.15) is 0 Å². The Hall–Kier alpha value is -1.01. The topological polar surface area (TPSA) is 67.6 Å². The molecule has 1 aromatic rings. The summed E-state index contributed by atoms with van der Waals surface area (Å²) in [6.07, 6.45) is 1.98. The molecule has 2 heterocycles. The highest BCUT2D eigenvalue weighted by molar-refractivity contribution is 7.91. The van der Waals surface area contributed by atoms with Crippen molar-refractivity contribution in [3.8, 4) is 0 Å². The Balaban J connectivity index is 1.84. The van der Waals surface area contributed by atoms with Crippen LogP contribution in [0.2, 0.25) is 5.22 Å². The van der Waals surface area contributed by atoms with E-state index in [9.17, 15) is 13.2 Å². The number of carbonyl (C=O) groups is 1. The Morgan fingerprint density at radius 3 is 2.68 bits per heavy atom. The van der Waals surface area contributed by atoms with E-state index in [-0.39, 0.29) is 41.0 Å². The minimum Gasteiger partial charge on any atom is -0.440 e. The predicted octanol–water partition coefficient (Wildman–Crippen LogP) is 1.58. The van der Waals surface area contributed by atoms with Crippen LogP contribution in [0.1, 0.15) is 23.4 Å². The van der Waals surface area contributed by atoms with Crippen molar-refractivity contribution in [3.05, 3.63) is 23.1 Å². The Morgan fingerprint density at radius 2 is 2.11 bits per heavy atom. The van der Waals surface area contributed by atoms with Crippen molar-refractivity contribution >= 4 is 27.3 Å². The zero-order chi connectivity index (χ0) is 13.6. The monoisotopic (exact) mass is 303 g/mol. The average Bonchev–Trinajstić information content (AvgIpc) is 3.10. The predicted molar refractivity (Wildman–Crippen MR) is 69.9 cm³/mol. The highest BCUT2D eigenvalue weighted by Gasteiger charge is 2.43. The molecular formula is C12H14ClNO4S. The number of sulfone groups is 1. The molecule has 104 valence electrons. The van der Waals surface area contributed by atoms with E-state index in [0.29, 0.717) is 5.92 Å². The van der Waals surface area contributed by atoms with Crippen LogP contribution in [0.4, 0.5) is 0 Å². The molecule has 3 rings (SSSR count). The second-order valence-electron chi connectivity index (χ2n) is 5.12. The zero-order valence-electron chi connectivity index (χ0n) is 10.2. The average molecular weight is 304 g/mol. The quantitative estimate of drug-likeness (QED) is 0.832. The second-order valence-corrected chi connectivity index (χ2v) is 7.72. The smallest absolute Gasteiger partial charge is 0.289 e. The molecule has 0 N–H and O–H groups in total. The van der Waals surface area contributed by atoms with Gasteiger partial charge in [0.25, 0.3) is 5.91 Å². The fourth-order valence-electron chi connectivity index (χ4n) is 2.53. The lowest BCUT2D eigenvalue weighted by Gasteiger charge is -2.35. The molecule has 0 spiro atoms. The Labute approximate surface area is 116 Å². The van der Waals surface area contributed by atoms with E-state index >= 15 is 0 Å².